The van der Waals surface area contributed by atoms with Crippen molar-refractivity contribution < 1.29 is 24.2 Å². The van der Waals surface area contributed by atoms with Gasteiger partial charge in [-0.05, 0) is 50.1 Å². The van der Waals surface area contributed by atoms with Crippen molar-refractivity contribution in [2.75, 3.05) is 25.0 Å². The molecule has 0 bridgehead atoms. The number of carboxylic acids is 1. The molecule has 31 heavy (non-hydrogen) atoms. The van der Waals surface area contributed by atoms with Crippen LogP contribution in [-0.4, -0.2) is 58.6 Å². The fourth-order valence-corrected chi connectivity index (χ4v) is 4.27. The van der Waals surface area contributed by atoms with E-state index in [0.717, 1.165) is 11.3 Å². The van der Waals surface area contributed by atoms with E-state index < -0.39 is 5.97 Å². The van der Waals surface area contributed by atoms with E-state index in [-0.39, 0.29) is 29.8 Å². The van der Waals surface area contributed by atoms with E-state index in [1.165, 1.54) is 12.1 Å². The number of rotatable bonds is 5. The summed E-state index contributed by atoms with van der Waals surface area (Å²) in [5, 5.41) is 12.5. The zero-order chi connectivity index (χ0) is 22.0. The second-order valence-electron chi connectivity index (χ2n) is 7.65. The number of likely N-dealkylation sites (tertiary alicyclic amines) is 1. The SMILES string of the molecule is CCOC(=O)N1CCC(N2C(=O)c3ccccc3[C@@H]2Nc2ccc(C(=O)O)cc2)CC1. The Hall–Kier alpha value is -3.55. The fourth-order valence-electron chi connectivity index (χ4n) is 4.27. The Labute approximate surface area is 180 Å². The van der Waals surface area contributed by atoms with E-state index in [2.05, 4.69) is 5.32 Å². The van der Waals surface area contributed by atoms with Crippen molar-refractivity contribution in [3.8, 4) is 0 Å². The number of hydrogen-bond acceptors (Lipinski definition) is 5. The molecular formula is C23H25N3O5. The lowest BCUT2D eigenvalue weighted by atomic mass is 10.0. The van der Waals surface area contributed by atoms with E-state index in [1.807, 2.05) is 29.2 Å². The summed E-state index contributed by atoms with van der Waals surface area (Å²) in [5.41, 5.74) is 2.49. The summed E-state index contributed by atoms with van der Waals surface area (Å²) < 4.78 is 5.09. The van der Waals surface area contributed by atoms with Crippen molar-refractivity contribution in [2.45, 2.75) is 32.0 Å². The maximum atomic E-state index is 13.3. The second-order valence-corrected chi connectivity index (χ2v) is 7.65. The van der Waals surface area contributed by atoms with Crippen molar-refractivity contribution in [1.82, 2.24) is 9.80 Å². The van der Waals surface area contributed by atoms with Crippen LogP contribution in [0.15, 0.2) is 48.5 Å². The quantitative estimate of drug-likeness (QED) is 0.763. The normalized spacial score (nSPS) is 18.6. The molecule has 0 aliphatic carbocycles. The van der Waals surface area contributed by atoms with Crippen LogP contribution in [0.3, 0.4) is 0 Å². The van der Waals surface area contributed by atoms with Gasteiger partial charge in [0.2, 0.25) is 0 Å². The van der Waals surface area contributed by atoms with Crippen molar-refractivity contribution in [3.63, 3.8) is 0 Å². The van der Waals surface area contributed by atoms with Gasteiger partial charge < -0.3 is 25.0 Å². The van der Waals surface area contributed by atoms with Crippen LogP contribution in [0.4, 0.5) is 10.5 Å². The molecular weight excluding hydrogens is 398 g/mol. The summed E-state index contributed by atoms with van der Waals surface area (Å²) in [6, 6.07) is 14.0. The van der Waals surface area contributed by atoms with Crippen LogP contribution >= 0.6 is 0 Å². The van der Waals surface area contributed by atoms with Gasteiger partial charge in [0.15, 0.2) is 0 Å². The van der Waals surface area contributed by atoms with Crippen LogP contribution < -0.4 is 5.32 Å². The first-order valence-electron chi connectivity index (χ1n) is 10.4. The molecule has 1 saturated heterocycles. The van der Waals surface area contributed by atoms with Gasteiger partial charge in [0.25, 0.3) is 5.91 Å². The van der Waals surface area contributed by atoms with Crippen LogP contribution in [0.1, 0.15) is 52.2 Å². The standard InChI is InChI=1S/C23H25N3O5/c1-2-31-23(30)25-13-11-17(12-14-25)26-20(18-5-3-4-6-19(18)21(26)27)24-16-9-7-15(8-10-16)22(28)29/h3-10,17,20,24H,2,11-14H2,1H3,(H,28,29)/t20-/m1/s1. The van der Waals surface area contributed by atoms with E-state index in [4.69, 9.17) is 9.84 Å². The maximum absolute atomic E-state index is 13.3. The first kappa shape index (κ1) is 20.7. The summed E-state index contributed by atoms with van der Waals surface area (Å²) in [4.78, 5) is 39.9. The summed E-state index contributed by atoms with van der Waals surface area (Å²) in [7, 11) is 0. The molecule has 162 valence electrons. The molecule has 2 aliphatic heterocycles. The third kappa shape index (κ3) is 4.05. The number of aromatic carboxylic acids is 1. The number of amides is 2. The molecule has 1 atom stereocenters. The highest BCUT2D eigenvalue weighted by atomic mass is 16.6. The number of nitrogens with zero attached hydrogens (tertiary/aromatic N) is 2. The number of carbonyl (C=O) groups is 3. The van der Waals surface area contributed by atoms with Gasteiger partial charge in [-0.1, -0.05) is 18.2 Å². The highest BCUT2D eigenvalue weighted by Crippen LogP contribution is 2.38. The predicted molar refractivity (Wildman–Crippen MR) is 114 cm³/mol. The predicted octanol–water partition coefficient (Wildman–Crippen LogP) is 3.57. The number of piperidine rings is 1. The molecule has 2 heterocycles. The molecule has 2 amide bonds. The number of ether oxygens (including phenoxy) is 1. The van der Waals surface area contributed by atoms with Crippen LogP contribution in [-0.2, 0) is 4.74 Å². The first-order valence-corrected chi connectivity index (χ1v) is 10.4. The van der Waals surface area contributed by atoms with Crippen LogP contribution in [0.25, 0.3) is 0 Å². The highest BCUT2D eigenvalue weighted by molar-refractivity contribution is 5.99. The summed E-state index contributed by atoms with van der Waals surface area (Å²) in [6.07, 6.45) is 0.646. The van der Waals surface area contributed by atoms with Gasteiger partial charge in [0.1, 0.15) is 6.17 Å². The average molecular weight is 423 g/mol. The highest BCUT2D eigenvalue weighted by Gasteiger charge is 2.42. The molecule has 2 aromatic rings. The number of fused-ring (bicyclic) bond motifs is 1. The molecule has 2 aliphatic rings. The summed E-state index contributed by atoms with van der Waals surface area (Å²) in [5.74, 6) is -1.02. The second kappa shape index (κ2) is 8.67. The van der Waals surface area contributed by atoms with E-state index >= 15 is 0 Å². The lowest BCUT2D eigenvalue weighted by Gasteiger charge is -2.39. The first-order chi connectivity index (χ1) is 15.0. The minimum atomic E-state index is -0.983. The molecule has 2 aromatic carbocycles. The largest absolute Gasteiger partial charge is 0.478 e. The van der Waals surface area contributed by atoms with Crippen LogP contribution in [0.2, 0.25) is 0 Å². The zero-order valence-electron chi connectivity index (χ0n) is 17.3. The minimum Gasteiger partial charge on any atom is -0.478 e. The van der Waals surface area contributed by atoms with Gasteiger partial charge in [-0.15, -0.1) is 0 Å². The van der Waals surface area contributed by atoms with Crippen molar-refractivity contribution in [1.29, 1.82) is 0 Å². The molecule has 8 nitrogen and oxygen atoms in total. The van der Waals surface area contributed by atoms with Gasteiger partial charge in [0.05, 0.1) is 12.2 Å². The van der Waals surface area contributed by atoms with Crippen molar-refractivity contribution in [3.05, 3.63) is 65.2 Å². The topological polar surface area (TPSA) is 99.2 Å². The summed E-state index contributed by atoms with van der Waals surface area (Å²) >= 11 is 0. The number of carbonyl (C=O) groups excluding carboxylic acids is 2. The number of hydrogen-bond donors (Lipinski definition) is 2. The van der Waals surface area contributed by atoms with E-state index in [0.29, 0.717) is 38.1 Å². The van der Waals surface area contributed by atoms with Crippen molar-refractivity contribution in [2.24, 2.45) is 0 Å². The molecule has 0 spiro atoms. The lowest BCUT2D eigenvalue weighted by Crippen LogP contribution is -2.49. The molecule has 8 heteroatoms. The minimum absolute atomic E-state index is 0.0265. The third-order valence-corrected chi connectivity index (χ3v) is 5.82. The van der Waals surface area contributed by atoms with Crippen molar-refractivity contribution >= 4 is 23.7 Å². The number of carboxylic acid groups (broad SMARTS) is 1. The number of nitrogens with one attached hydrogen (secondary N) is 1. The van der Waals surface area contributed by atoms with Crippen LogP contribution in [0.5, 0.6) is 0 Å². The Balaban J connectivity index is 1.55. The van der Waals surface area contributed by atoms with E-state index in [1.54, 1.807) is 24.0 Å². The maximum Gasteiger partial charge on any atom is 0.409 e. The Morgan fingerprint density at radius 3 is 2.42 bits per heavy atom. The molecule has 0 aromatic heterocycles. The smallest absolute Gasteiger partial charge is 0.409 e. The molecule has 0 saturated carbocycles. The van der Waals surface area contributed by atoms with Gasteiger partial charge in [0, 0.05) is 35.9 Å². The third-order valence-electron chi connectivity index (χ3n) is 5.82. The molecule has 0 unspecified atom stereocenters. The zero-order valence-corrected chi connectivity index (χ0v) is 17.3. The number of anilines is 1. The molecule has 2 N–H and O–H groups in total. The average Bonchev–Trinajstić information content (AvgIpc) is 3.06. The Morgan fingerprint density at radius 1 is 1.10 bits per heavy atom. The Bertz CT molecular complexity index is 983. The van der Waals surface area contributed by atoms with Gasteiger partial charge in [-0.2, -0.15) is 0 Å². The van der Waals surface area contributed by atoms with Gasteiger partial charge in [-0.3, -0.25) is 4.79 Å². The Kier molecular flexibility index (Phi) is 5.79. The number of benzene rings is 2. The van der Waals surface area contributed by atoms with Gasteiger partial charge >= 0.3 is 12.1 Å². The molecule has 4 rings (SSSR count). The monoisotopic (exact) mass is 423 g/mol. The summed E-state index contributed by atoms with van der Waals surface area (Å²) in [6.45, 7) is 3.18. The van der Waals surface area contributed by atoms with Gasteiger partial charge in [-0.25, -0.2) is 9.59 Å². The lowest BCUT2D eigenvalue weighted by molar-refractivity contribution is 0.0496. The molecule has 1 fully saturated rings. The Morgan fingerprint density at radius 2 is 1.77 bits per heavy atom. The van der Waals surface area contributed by atoms with E-state index in [9.17, 15) is 14.4 Å². The fraction of sp³-hybridized carbons (Fsp3) is 0.348. The molecule has 0 radical (unpaired) electrons. The van der Waals surface area contributed by atoms with Crippen LogP contribution in [0, 0.1) is 0 Å².